The van der Waals surface area contributed by atoms with Crippen LogP contribution in [0.5, 0.6) is 0 Å². The number of hydrogen-bond acceptors (Lipinski definition) is 5. The first kappa shape index (κ1) is 17.0. The number of carbonyl (C=O) groups is 3. The normalized spacial score (nSPS) is 16.4. The third-order valence-corrected chi connectivity index (χ3v) is 3.92. The number of carbonyl (C=O) groups excluding carboxylic acids is 3. The van der Waals surface area contributed by atoms with E-state index in [-0.39, 0.29) is 12.5 Å². The number of nitrogens with one attached hydrogen (secondary N) is 3. The van der Waals surface area contributed by atoms with Crippen molar-refractivity contribution in [1.29, 1.82) is 0 Å². The Kier molecular flexibility index (Phi) is 6.13. The predicted octanol–water partition coefficient (Wildman–Crippen LogP) is 0.0589. The van der Waals surface area contributed by atoms with Gasteiger partial charge in [0.2, 0.25) is 0 Å². The van der Waals surface area contributed by atoms with E-state index in [1.807, 2.05) is 0 Å². The highest BCUT2D eigenvalue weighted by atomic mass is 16.5. The summed E-state index contributed by atoms with van der Waals surface area (Å²) in [6.45, 7) is 0. The third-order valence-electron chi connectivity index (χ3n) is 3.92. The fourth-order valence-electron chi connectivity index (χ4n) is 2.67. The molecule has 3 N–H and O–H groups in total. The van der Waals surface area contributed by atoms with Crippen molar-refractivity contribution in [1.82, 2.24) is 20.6 Å². The van der Waals surface area contributed by atoms with Crippen LogP contribution in [0, 0.1) is 0 Å². The van der Waals surface area contributed by atoms with Crippen molar-refractivity contribution in [3.63, 3.8) is 0 Å². The minimum absolute atomic E-state index is 0.0335. The summed E-state index contributed by atoms with van der Waals surface area (Å²) in [5.74, 6) is -2.15. The van der Waals surface area contributed by atoms with E-state index in [1.165, 1.54) is 13.4 Å². The van der Waals surface area contributed by atoms with Gasteiger partial charge in [-0.1, -0.05) is 19.3 Å². The highest BCUT2D eigenvalue weighted by molar-refractivity contribution is 6.35. The summed E-state index contributed by atoms with van der Waals surface area (Å²) in [5, 5.41) is 5.14. The van der Waals surface area contributed by atoms with Gasteiger partial charge >= 0.3 is 17.8 Å². The molecule has 2 rings (SSSR count). The standard InChI is InChI=1S/C15H22N4O4/c1-23-15(22)12(7-11-8-16-9-17-11)19-14(21)13(20)18-10-5-3-2-4-6-10/h8-10,12H,2-7H2,1H3,(H,16,17)(H,18,20)(H,19,21). The molecule has 8 heteroatoms. The average molecular weight is 322 g/mol. The van der Waals surface area contributed by atoms with Crippen molar-refractivity contribution in [3.05, 3.63) is 18.2 Å². The summed E-state index contributed by atoms with van der Waals surface area (Å²) in [7, 11) is 1.23. The van der Waals surface area contributed by atoms with Crippen molar-refractivity contribution in [3.8, 4) is 0 Å². The fraction of sp³-hybridized carbons (Fsp3) is 0.600. The molecule has 1 aliphatic rings. The van der Waals surface area contributed by atoms with E-state index in [0.717, 1.165) is 32.1 Å². The summed E-state index contributed by atoms with van der Waals surface area (Å²) >= 11 is 0. The Morgan fingerprint density at radius 1 is 1.30 bits per heavy atom. The number of amides is 2. The van der Waals surface area contributed by atoms with Gasteiger partial charge < -0.3 is 20.4 Å². The zero-order valence-electron chi connectivity index (χ0n) is 13.1. The minimum atomic E-state index is -0.940. The molecular weight excluding hydrogens is 300 g/mol. The number of H-pyrrole nitrogens is 1. The van der Waals surface area contributed by atoms with Crippen LogP contribution in [-0.4, -0.2) is 46.9 Å². The van der Waals surface area contributed by atoms with Crippen LogP contribution in [0.4, 0.5) is 0 Å². The second-order valence-corrected chi connectivity index (χ2v) is 5.64. The van der Waals surface area contributed by atoms with Crippen LogP contribution in [0.2, 0.25) is 0 Å². The second-order valence-electron chi connectivity index (χ2n) is 5.64. The molecule has 1 saturated carbocycles. The molecule has 2 amide bonds. The summed E-state index contributed by atoms with van der Waals surface area (Å²) in [6.07, 6.45) is 8.23. The molecule has 0 aromatic carbocycles. The lowest BCUT2D eigenvalue weighted by Crippen LogP contribution is -2.51. The van der Waals surface area contributed by atoms with Crippen molar-refractivity contribution in [2.24, 2.45) is 0 Å². The first-order chi connectivity index (χ1) is 11.1. The number of imidazole rings is 1. The summed E-state index contributed by atoms with van der Waals surface area (Å²) in [5.41, 5.74) is 0.661. The predicted molar refractivity (Wildman–Crippen MR) is 81.3 cm³/mol. The van der Waals surface area contributed by atoms with Gasteiger partial charge in [-0.15, -0.1) is 0 Å². The summed E-state index contributed by atoms with van der Waals surface area (Å²) in [4.78, 5) is 42.5. The summed E-state index contributed by atoms with van der Waals surface area (Å²) in [6, 6.07) is -0.906. The number of hydrogen-bond donors (Lipinski definition) is 3. The molecule has 0 spiro atoms. The maximum absolute atomic E-state index is 12.0. The molecule has 1 fully saturated rings. The van der Waals surface area contributed by atoms with Crippen molar-refractivity contribution in [2.75, 3.05) is 7.11 Å². The smallest absolute Gasteiger partial charge is 0.328 e. The van der Waals surface area contributed by atoms with E-state index in [1.54, 1.807) is 6.20 Å². The highest BCUT2D eigenvalue weighted by Gasteiger charge is 2.27. The van der Waals surface area contributed by atoms with E-state index in [4.69, 9.17) is 0 Å². The minimum Gasteiger partial charge on any atom is -0.467 e. The SMILES string of the molecule is COC(=O)C(Cc1cnc[nH]1)NC(=O)C(=O)NC1CCCCC1. The van der Waals surface area contributed by atoms with E-state index in [0.29, 0.717) is 5.69 Å². The van der Waals surface area contributed by atoms with Gasteiger partial charge in [0.25, 0.3) is 0 Å². The van der Waals surface area contributed by atoms with E-state index < -0.39 is 23.8 Å². The third kappa shape index (κ3) is 5.08. The monoisotopic (exact) mass is 322 g/mol. The number of nitrogens with zero attached hydrogens (tertiary/aromatic N) is 1. The molecule has 1 unspecified atom stereocenters. The van der Waals surface area contributed by atoms with Gasteiger partial charge in [0.15, 0.2) is 0 Å². The number of aromatic nitrogens is 2. The zero-order chi connectivity index (χ0) is 16.7. The number of aromatic amines is 1. The van der Waals surface area contributed by atoms with Gasteiger partial charge in [-0.2, -0.15) is 0 Å². The lowest BCUT2D eigenvalue weighted by Gasteiger charge is -2.23. The van der Waals surface area contributed by atoms with Gasteiger partial charge in [-0.25, -0.2) is 9.78 Å². The summed E-state index contributed by atoms with van der Waals surface area (Å²) < 4.78 is 4.67. The Labute approximate surface area is 134 Å². The Morgan fingerprint density at radius 3 is 2.65 bits per heavy atom. The van der Waals surface area contributed by atoms with Crippen LogP contribution in [0.15, 0.2) is 12.5 Å². The first-order valence-corrected chi connectivity index (χ1v) is 7.76. The molecule has 23 heavy (non-hydrogen) atoms. The molecule has 8 nitrogen and oxygen atoms in total. The van der Waals surface area contributed by atoms with E-state index in [2.05, 4.69) is 25.3 Å². The van der Waals surface area contributed by atoms with Gasteiger partial charge in [-0.3, -0.25) is 9.59 Å². The Balaban J connectivity index is 1.90. The van der Waals surface area contributed by atoms with Crippen molar-refractivity contribution < 1.29 is 19.1 Å². The maximum Gasteiger partial charge on any atom is 0.328 e. The number of ether oxygens (including phenoxy) is 1. The highest BCUT2D eigenvalue weighted by Crippen LogP contribution is 2.17. The van der Waals surface area contributed by atoms with Gasteiger partial charge in [0.05, 0.1) is 13.4 Å². The fourth-order valence-corrected chi connectivity index (χ4v) is 2.67. The van der Waals surface area contributed by atoms with Crippen LogP contribution >= 0.6 is 0 Å². The van der Waals surface area contributed by atoms with Crippen LogP contribution in [0.3, 0.4) is 0 Å². The Morgan fingerprint density at radius 2 is 2.04 bits per heavy atom. The second kappa shape index (κ2) is 8.30. The molecule has 1 atom stereocenters. The molecule has 1 aromatic rings. The number of rotatable bonds is 5. The van der Waals surface area contributed by atoms with E-state index in [9.17, 15) is 14.4 Å². The van der Waals surface area contributed by atoms with Crippen LogP contribution in [0.1, 0.15) is 37.8 Å². The van der Waals surface area contributed by atoms with E-state index >= 15 is 0 Å². The molecule has 126 valence electrons. The van der Waals surface area contributed by atoms with Crippen molar-refractivity contribution >= 4 is 17.8 Å². The Bertz CT molecular complexity index is 538. The first-order valence-electron chi connectivity index (χ1n) is 7.76. The van der Waals surface area contributed by atoms with Crippen LogP contribution in [-0.2, 0) is 25.5 Å². The topological polar surface area (TPSA) is 113 Å². The molecule has 0 saturated heterocycles. The lowest BCUT2D eigenvalue weighted by atomic mass is 9.95. The van der Waals surface area contributed by atoms with Gasteiger partial charge in [0.1, 0.15) is 6.04 Å². The average Bonchev–Trinajstić information content (AvgIpc) is 3.07. The molecule has 1 aliphatic carbocycles. The van der Waals surface area contributed by atoms with Gasteiger partial charge in [0, 0.05) is 24.4 Å². The zero-order valence-corrected chi connectivity index (χ0v) is 13.1. The molecule has 0 aliphatic heterocycles. The van der Waals surface area contributed by atoms with Crippen LogP contribution in [0.25, 0.3) is 0 Å². The molecular formula is C15H22N4O4. The van der Waals surface area contributed by atoms with Crippen LogP contribution < -0.4 is 10.6 Å². The van der Waals surface area contributed by atoms with Crippen molar-refractivity contribution in [2.45, 2.75) is 50.6 Å². The molecule has 0 radical (unpaired) electrons. The molecule has 1 aromatic heterocycles. The molecule has 1 heterocycles. The number of esters is 1. The maximum atomic E-state index is 12.0. The lowest BCUT2D eigenvalue weighted by molar-refractivity contribution is -0.147. The number of methoxy groups -OCH3 is 1. The largest absolute Gasteiger partial charge is 0.467 e. The van der Waals surface area contributed by atoms with Gasteiger partial charge in [-0.05, 0) is 12.8 Å². The molecule has 0 bridgehead atoms. The Hall–Kier alpha value is -2.38. The quantitative estimate of drug-likeness (QED) is 0.524.